The van der Waals surface area contributed by atoms with Gasteiger partial charge in [-0.3, -0.25) is 0 Å². The van der Waals surface area contributed by atoms with Gasteiger partial charge in [-0.25, -0.2) is 4.39 Å². The lowest BCUT2D eigenvalue weighted by Crippen LogP contribution is -2.52. The number of halogens is 1. The lowest BCUT2D eigenvalue weighted by Gasteiger charge is -2.35. The van der Waals surface area contributed by atoms with Gasteiger partial charge in [0.05, 0.1) is 18.2 Å². The van der Waals surface area contributed by atoms with Gasteiger partial charge in [0.1, 0.15) is 5.82 Å². The standard InChI is InChI=1S/C17H21FN2O3S2/c1-12-10-20(11-13(2)23-12)25(21,22)19-17(16-4-3-9-24-16)14-5-7-15(18)8-6-14/h3-9,12-13,17,19H,10-11H2,1-2H3. The largest absolute Gasteiger partial charge is 0.373 e. The Kier molecular flexibility index (Phi) is 5.55. The van der Waals surface area contributed by atoms with Crippen LogP contribution < -0.4 is 4.72 Å². The van der Waals surface area contributed by atoms with Crippen molar-refractivity contribution in [3.63, 3.8) is 0 Å². The fraction of sp³-hybridized carbons (Fsp3) is 0.412. The molecule has 3 rings (SSSR count). The van der Waals surface area contributed by atoms with Crippen LogP contribution in [0, 0.1) is 5.82 Å². The van der Waals surface area contributed by atoms with Gasteiger partial charge >= 0.3 is 0 Å². The number of ether oxygens (including phenoxy) is 1. The van der Waals surface area contributed by atoms with E-state index in [4.69, 9.17) is 4.74 Å². The summed E-state index contributed by atoms with van der Waals surface area (Å²) in [6, 6.07) is 9.06. The maximum absolute atomic E-state index is 13.2. The highest BCUT2D eigenvalue weighted by atomic mass is 32.2. The third-order valence-corrected chi connectivity index (χ3v) is 6.47. The van der Waals surface area contributed by atoms with Gasteiger partial charge < -0.3 is 4.74 Å². The van der Waals surface area contributed by atoms with Crippen molar-refractivity contribution in [3.8, 4) is 0 Å². The van der Waals surface area contributed by atoms with E-state index in [9.17, 15) is 12.8 Å². The van der Waals surface area contributed by atoms with Crippen LogP contribution in [0.15, 0.2) is 41.8 Å². The first-order chi connectivity index (χ1) is 11.8. The van der Waals surface area contributed by atoms with Crippen LogP contribution in [-0.2, 0) is 14.9 Å². The van der Waals surface area contributed by atoms with Crippen LogP contribution in [0.5, 0.6) is 0 Å². The molecule has 1 aliphatic rings. The summed E-state index contributed by atoms with van der Waals surface area (Å²) >= 11 is 1.45. The highest BCUT2D eigenvalue weighted by Crippen LogP contribution is 2.28. The Morgan fingerprint density at radius 2 is 1.84 bits per heavy atom. The molecule has 1 aromatic carbocycles. The van der Waals surface area contributed by atoms with Crippen molar-refractivity contribution in [2.75, 3.05) is 13.1 Å². The van der Waals surface area contributed by atoms with E-state index in [-0.39, 0.29) is 18.0 Å². The topological polar surface area (TPSA) is 58.6 Å². The smallest absolute Gasteiger partial charge is 0.280 e. The van der Waals surface area contributed by atoms with E-state index in [1.807, 2.05) is 31.4 Å². The Bertz CT molecular complexity index is 784. The lowest BCUT2D eigenvalue weighted by atomic mass is 10.1. The number of nitrogens with one attached hydrogen (secondary N) is 1. The van der Waals surface area contributed by atoms with Gasteiger partial charge in [-0.1, -0.05) is 18.2 Å². The summed E-state index contributed by atoms with van der Waals surface area (Å²) in [5.41, 5.74) is 0.696. The second kappa shape index (κ2) is 7.51. The second-order valence-corrected chi connectivity index (χ2v) is 8.88. The summed E-state index contributed by atoms with van der Waals surface area (Å²) in [6.45, 7) is 4.32. The average molecular weight is 384 g/mol. The molecule has 1 aromatic heterocycles. The van der Waals surface area contributed by atoms with E-state index in [1.54, 1.807) is 12.1 Å². The summed E-state index contributed by atoms with van der Waals surface area (Å²) in [7, 11) is -3.72. The summed E-state index contributed by atoms with van der Waals surface area (Å²) in [5.74, 6) is -0.354. The molecule has 25 heavy (non-hydrogen) atoms. The third-order valence-electron chi connectivity index (χ3n) is 4.02. The van der Waals surface area contributed by atoms with Crippen LogP contribution in [-0.4, -0.2) is 38.0 Å². The van der Waals surface area contributed by atoms with E-state index in [2.05, 4.69) is 4.72 Å². The lowest BCUT2D eigenvalue weighted by molar-refractivity contribution is -0.0444. The molecule has 0 radical (unpaired) electrons. The first-order valence-electron chi connectivity index (χ1n) is 8.07. The molecule has 1 N–H and O–H groups in total. The number of hydrogen-bond acceptors (Lipinski definition) is 4. The number of thiophene rings is 1. The summed E-state index contributed by atoms with van der Waals surface area (Å²) in [5, 5.41) is 1.89. The van der Waals surface area contributed by atoms with Crippen LogP contribution in [0.1, 0.15) is 30.3 Å². The Morgan fingerprint density at radius 3 is 2.40 bits per heavy atom. The minimum atomic E-state index is -3.72. The molecule has 3 unspecified atom stereocenters. The number of benzene rings is 1. The quantitative estimate of drug-likeness (QED) is 0.862. The number of hydrogen-bond donors (Lipinski definition) is 1. The highest BCUT2D eigenvalue weighted by molar-refractivity contribution is 7.87. The zero-order chi connectivity index (χ0) is 18.0. The van der Waals surface area contributed by atoms with Crippen LogP contribution in [0.25, 0.3) is 0 Å². The van der Waals surface area contributed by atoms with Gasteiger partial charge in [0.15, 0.2) is 0 Å². The number of rotatable bonds is 5. The minimum absolute atomic E-state index is 0.161. The molecular formula is C17H21FN2O3S2. The molecule has 2 aromatic rings. The normalized spacial score (nSPS) is 23.5. The predicted molar refractivity (Wildman–Crippen MR) is 96.2 cm³/mol. The van der Waals surface area contributed by atoms with Crippen molar-refractivity contribution in [1.82, 2.24) is 9.03 Å². The zero-order valence-corrected chi connectivity index (χ0v) is 15.7. The molecule has 136 valence electrons. The van der Waals surface area contributed by atoms with Crippen LogP contribution >= 0.6 is 11.3 Å². The summed E-state index contributed by atoms with van der Waals surface area (Å²) in [4.78, 5) is 0.851. The second-order valence-electron chi connectivity index (χ2n) is 6.20. The zero-order valence-electron chi connectivity index (χ0n) is 14.1. The van der Waals surface area contributed by atoms with E-state index in [0.717, 1.165) is 4.88 Å². The molecule has 0 aliphatic carbocycles. The fourth-order valence-corrected chi connectivity index (χ4v) is 5.35. The summed E-state index contributed by atoms with van der Waals surface area (Å²) < 4.78 is 48.9. The first-order valence-corrected chi connectivity index (χ1v) is 10.4. The molecule has 0 amide bonds. The van der Waals surface area contributed by atoms with E-state index in [0.29, 0.717) is 18.7 Å². The molecule has 1 saturated heterocycles. The van der Waals surface area contributed by atoms with Crippen molar-refractivity contribution in [1.29, 1.82) is 0 Å². The van der Waals surface area contributed by atoms with Gasteiger partial charge in [-0.15, -0.1) is 11.3 Å². The fourth-order valence-electron chi connectivity index (χ4n) is 2.95. The predicted octanol–water partition coefficient (Wildman–Crippen LogP) is 2.92. The van der Waals surface area contributed by atoms with Crippen molar-refractivity contribution in [2.24, 2.45) is 0 Å². The average Bonchev–Trinajstić information content (AvgIpc) is 3.07. The van der Waals surface area contributed by atoms with Gasteiger partial charge in [0, 0.05) is 18.0 Å². The molecule has 8 heteroatoms. The molecule has 0 bridgehead atoms. The molecule has 1 fully saturated rings. The van der Waals surface area contributed by atoms with Gasteiger partial charge in [-0.05, 0) is 43.0 Å². The first kappa shape index (κ1) is 18.5. The van der Waals surface area contributed by atoms with Crippen molar-refractivity contribution in [3.05, 3.63) is 58.0 Å². The molecule has 3 atom stereocenters. The molecule has 1 aliphatic heterocycles. The van der Waals surface area contributed by atoms with Gasteiger partial charge in [0.25, 0.3) is 10.2 Å². The van der Waals surface area contributed by atoms with Crippen molar-refractivity contribution >= 4 is 21.5 Å². The molecular weight excluding hydrogens is 363 g/mol. The van der Waals surface area contributed by atoms with Crippen molar-refractivity contribution < 1.29 is 17.5 Å². The van der Waals surface area contributed by atoms with Gasteiger partial charge in [0.2, 0.25) is 0 Å². The van der Waals surface area contributed by atoms with Crippen LogP contribution in [0.2, 0.25) is 0 Å². The molecule has 5 nitrogen and oxygen atoms in total. The SMILES string of the molecule is CC1CN(S(=O)(=O)NC(c2ccc(F)cc2)c2cccs2)CC(C)O1. The Labute approximate surface area is 151 Å². The van der Waals surface area contributed by atoms with E-state index in [1.165, 1.54) is 27.8 Å². The van der Waals surface area contributed by atoms with Gasteiger partial charge in [-0.2, -0.15) is 17.4 Å². The Balaban J connectivity index is 1.88. The Hall–Kier alpha value is -1.32. The molecule has 2 heterocycles. The molecule has 0 saturated carbocycles. The van der Waals surface area contributed by atoms with E-state index < -0.39 is 16.3 Å². The Morgan fingerprint density at radius 1 is 1.20 bits per heavy atom. The number of nitrogens with zero attached hydrogens (tertiary/aromatic N) is 1. The summed E-state index contributed by atoms with van der Waals surface area (Å²) in [6.07, 6.45) is -0.322. The number of morpholine rings is 1. The maximum Gasteiger partial charge on any atom is 0.280 e. The van der Waals surface area contributed by atoms with Crippen molar-refractivity contribution in [2.45, 2.75) is 32.1 Å². The minimum Gasteiger partial charge on any atom is -0.373 e. The highest BCUT2D eigenvalue weighted by Gasteiger charge is 2.33. The molecule has 0 spiro atoms. The third kappa shape index (κ3) is 4.45. The van der Waals surface area contributed by atoms with E-state index >= 15 is 0 Å². The van der Waals surface area contributed by atoms with Crippen LogP contribution in [0.4, 0.5) is 4.39 Å². The maximum atomic E-state index is 13.2. The monoisotopic (exact) mass is 384 g/mol. The van der Waals surface area contributed by atoms with Crippen LogP contribution in [0.3, 0.4) is 0 Å².